The van der Waals surface area contributed by atoms with E-state index in [2.05, 4.69) is 10.1 Å². The van der Waals surface area contributed by atoms with Crippen molar-refractivity contribution in [3.8, 4) is 0 Å². The Hall–Kier alpha value is -2.58. The molecule has 1 aromatic carbocycles. The third kappa shape index (κ3) is 2.45. The molecule has 0 atom stereocenters. The van der Waals surface area contributed by atoms with E-state index >= 15 is 0 Å². The Morgan fingerprint density at radius 2 is 2.08 bits per heavy atom. The zero-order valence-corrected chi connectivity index (χ0v) is 13.9. The highest BCUT2D eigenvalue weighted by molar-refractivity contribution is 7.19. The van der Waals surface area contributed by atoms with Gasteiger partial charge in [-0.15, -0.1) is 11.3 Å². The van der Waals surface area contributed by atoms with E-state index in [9.17, 15) is 9.18 Å². The number of hydrogen-bond donors (Lipinski definition) is 0. The fourth-order valence-corrected chi connectivity index (χ4v) is 4.58. The summed E-state index contributed by atoms with van der Waals surface area (Å²) in [7, 11) is 0. The number of aromatic nitrogens is 4. The standard InChI is InChI=1S/C17H13FN4O2S.CH4/c18-11-3-1-10(2-4-11)7-21-16-14(12-5-6-24-8-13(12)25-16)15-19-9-20-22(15)17(21)23;/h1-4,9H,5-8H2;1H4. The van der Waals surface area contributed by atoms with Gasteiger partial charge in [-0.25, -0.2) is 14.2 Å². The van der Waals surface area contributed by atoms with Crippen molar-refractivity contribution in [2.75, 3.05) is 6.61 Å². The van der Waals surface area contributed by atoms with Gasteiger partial charge < -0.3 is 4.74 Å². The molecule has 3 aromatic heterocycles. The number of thiophene rings is 1. The van der Waals surface area contributed by atoms with Gasteiger partial charge in [-0.05, 0) is 29.7 Å². The van der Waals surface area contributed by atoms with Crippen LogP contribution in [0, 0.1) is 5.82 Å². The van der Waals surface area contributed by atoms with Gasteiger partial charge in [-0.2, -0.15) is 9.61 Å². The van der Waals surface area contributed by atoms with E-state index in [0.717, 1.165) is 27.1 Å². The molecular formula is C18H17FN4O2S. The van der Waals surface area contributed by atoms with Crippen molar-refractivity contribution in [1.29, 1.82) is 0 Å². The molecule has 0 bridgehead atoms. The Labute approximate surface area is 152 Å². The van der Waals surface area contributed by atoms with Crippen LogP contribution in [-0.2, 0) is 24.3 Å². The third-order valence-corrected chi connectivity index (χ3v) is 5.71. The predicted molar refractivity (Wildman–Crippen MR) is 98.2 cm³/mol. The van der Waals surface area contributed by atoms with Crippen LogP contribution in [0.2, 0.25) is 0 Å². The van der Waals surface area contributed by atoms with Crippen molar-refractivity contribution in [2.24, 2.45) is 0 Å². The maximum atomic E-state index is 13.2. The van der Waals surface area contributed by atoms with Crippen molar-refractivity contribution < 1.29 is 9.13 Å². The van der Waals surface area contributed by atoms with Crippen LogP contribution in [-0.4, -0.2) is 25.8 Å². The number of fused-ring (bicyclic) bond motifs is 5. The molecule has 0 fully saturated rings. The first-order chi connectivity index (χ1) is 12.2. The first-order valence-electron chi connectivity index (χ1n) is 7.91. The molecule has 6 nitrogen and oxygen atoms in total. The Morgan fingerprint density at radius 1 is 1.27 bits per heavy atom. The molecule has 0 aliphatic carbocycles. The van der Waals surface area contributed by atoms with Crippen molar-refractivity contribution in [1.82, 2.24) is 19.2 Å². The number of nitrogens with zero attached hydrogens (tertiary/aromatic N) is 4. The molecule has 0 amide bonds. The van der Waals surface area contributed by atoms with Gasteiger partial charge >= 0.3 is 5.69 Å². The van der Waals surface area contributed by atoms with Gasteiger partial charge in [-0.3, -0.25) is 4.57 Å². The molecule has 8 heteroatoms. The van der Waals surface area contributed by atoms with E-state index in [-0.39, 0.29) is 18.9 Å². The normalized spacial score (nSPS) is 13.7. The van der Waals surface area contributed by atoms with Gasteiger partial charge in [0.25, 0.3) is 0 Å². The van der Waals surface area contributed by atoms with E-state index in [1.165, 1.54) is 28.5 Å². The molecule has 0 N–H and O–H groups in total. The van der Waals surface area contributed by atoms with E-state index in [1.54, 1.807) is 28.0 Å². The summed E-state index contributed by atoms with van der Waals surface area (Å²) in [6, 6.07) is 6.18. The van der Waals surface area contributed by atoms with Crippen LogP contribution in [0.3, 0.4) is 0 Å². The number of hydrogen-bond acceptors (Lipinski definition) is 5. The second-order valence-corrected chi connectivity index (χ2v) is 7.06. The van der Waals surface area contributed by atoms with Crippen LogP contribution in [0.5, 0.6) is 0 Å². The van der Waals surface area contributed by atoms with Crippen LogP contribution in [0.15, 0.2) is 35.4 Å². The maximum absolute atomic E-state index is 13.2. The van der Waals surface area contributed by atoms with Crippen molar-refractivity contribution in [2.45, 2.75) is 27.0 Å². The van der Waals surface area contributed by atoms with Crippen LogP contribution < -0.4 is 5.69 Å². The predicted octanol–water partition coefficient (Wildman–Crippen LogP) is 3.00. The molecule has 26 heavy (non-hydrogen) atoms. The molecule has 0 spiro atoms. The number of halogens is 1. The summed E-state index contributed by atoms with van der Waals surface area (Å²) in [4.78, 5) is 19.2. The first kappa shape index (κ1) is 16.9. The average molecular weight is 372 g/mol. The Bertz CT molecular complexity index is 1160. The van der Waals surface area contributed by atoms with Crippen LogP contribution in [0.4, 0.5) is 4.39 Å². The summed E-state index contributed by atoms with van der Waals surface area (Å²) >= 11 is 1.56. The van der Waals surface area contributed by atoms with Gasteiger partial charge in [-0.1, -0.05) is 19.6 Å². The lowest BCUT2D eigenvalue weighted by molar-refractivity contribution is 0.114. The van der Waals surface area contributed by atoms with Crippen LogP contribution >= 0.6 is 11.3 Å². The highest BCUT2D eigenvalue weighted by Crippen LogP contribution is 2.35. The first-order valence-corrected chi connectivity index (χ1v) is 8.73. The molecule has 0 saturated carbocycles. The van der Waals surface area contributed by atoms with E-state index in [0.29, 0.717) is 25.4 Å². The molecule has 0 radical (unpaired) electrons. The number of rotatable bonds is 2. The number of ether oxygens (including phenoxy) is 1. The molecule has 5 rings (SSSR count). The molecular weight excluding hydrogens is 355 g/mol. The molecule has 4 heterocycles. The van der Waals surface area contributed by atoms with Gasteiger partial charge in [0.1, 0.15) is 17.0 Å². The molecule has 0 saturated heterocycles. The zero-order chi connectivity index (χ0) is 17.0. The van der Waals surface area contributed by atoms with Crippen LogP contribution in [0.25, 0.3) is 15.9 Å². The average Bonchev–Trinajstić information content (AvgIpc) is 3.24. The Morgan fingerprint density at radius 3 is 2.88 bits per heavy atom. The fourth-order valence-electron chi connectivity index (χ4n) is 3.30. The summed E-state index contributed by atoms with van der Waals surface area (Å²) in [6.07, 6.45) is 2.20. The third-order valence-electron chi connectivity index (χ3n) is 4.48. The molecule has 4 aromatic rings. The van der Waals surface area contributed by atoms with Crippen molar-refractivity contribution in [3.63, 3.8) is 0 Å². The minimum Gasteiger partial charge on any atom is -0.376 e. The molecule has 134 valence electrons. The van der Waals surface area contributed by atoms with Crippen LogP contribution in [0.1, 0.15) is 23.4 Å². The number of benzene rings is 1. The fraction of sp³-hybridized carbons (Fsp3) is 0.278. The molecule has 0 unspecified atom stereocenters. The molecule has 1 aliphatic rings. The second-order valence-electron chi connectivity index (χ2n) is 5.98. The van der Waals surface area contributed by atoms with Gasteiger partial charge in [0.05, 0.1) is 25.1 Å². The summed E-state index contributed by atoms with van der Waals surface area (Å²) in [6.45, 7) is 1.57. The van der Waals surface area contributed by atoms with Crippen molar-refractivity contribution >= 4 is 27.2 Å². The van der Waals surface area contributed by atoms with E-state index < -0.39 is 0 Å². The highest BCUT2D eigenvalue weighted by atomic mass is 32.1. The van der Waals surface area contributed by atoms with Gasteiger partial charge in [0.2, 0.25) is 0 Å². The largest absolute Gasteiger partial charge is 0.376 e. The van der Waals surface area contributed by atoms with E-state index in [4.69, 9.17) is 4.74 Å². The minimum absolute atomic E-state index is 0. The van der Waals surface area contributed by atoms with Crippen molar-refractivity contribution in [3.05, 3.63) is 62.9 Å². The quantitative estimate of drug-likeness (QED) is 0.543. The SMILES string of the molecule is C.O=c1n(Cc2ccc(F)cc2)c2sc3c(c2c2ncnn12)CCOC3. The summed E-state index contributed by atoms with van der Waals surface area (Å²) < 4.78 is 21.8. The zero-order valence-electron chi connectivity index (χ0n) is 13.1. The van der Waals surface area contributed by atoms with E-state index in [1.807, 2.05) is 0 Å². The summed E-state index contributed by atoms with van der Waals surface area (Å²) in [5, 5.41) is 5.07. The monoisotopic (exact) mass is 372 g/mol. The van der Waals surface area contributed by atoms with Gasteiger partial charge in [0.15, 0.2) is 5.65 Å². The minimum atomic E-state index is -0.295. The summed E-state index contributed by atoms with van der Waals surface area (Å²) in [5.41, 5.74) is 2.39. The Kier molecular flexibility index (Phi) is 4.08. The topological polar surface area (TPSA) is 61.4 Å². The highest BCUT2D eigenvalue weighted by Gasteiger charge is 2.23. The lowest BCUT2D eigenvalue weighted by Crippen LogP contribution is -2.28. The second kappa shape index (κ2) is 6.30. The van der Waals surface area contributed by atoms with Gasteiger partial charge in [0, 0.05) is 4.88 Å². The lowest BCUT2D eigenvalue weighted by Gasteiger charge is -2.12. The smallest absolute Gasteiger partial charge is 0.352 e. The lowest BCUT2D eigenvalue weighted by atomic mass is 10.1. The Balaban J connectivity index is 0.00000168. The molecule has 1 aliphatic heterocycles. The maximum Gasteiger partial charge on any atom is 0.352 e. The summed E-state index contributed by atoms with van der Waals surface area (Å²) in [5.74, 6) is -0.295.